The van der Waals surface area contributed by atoms with Gasteiger partial charge in [0.1, 0.15) is 28.4 Å². The van der Waals surface area contributed by atoms with Crippen LogP contribution in [0.3, 0.4) is 0 Å². The topological polar surface area (TPSA) is 83.1 Å². The van der Waals surface area contributed by atoms with Crippen molar-refractivity contribution in [2.45, 2.75) is 18.5 Å². The number of nitrogens with zero attached hydrogens (tertiary/aromatic N) is 1. The van der Waals surface area contributed by atoms with E-state index in [1.165, 1.54) is 6.07 Å². The van der Waals surface area contributed by atoms with Gasteiger partial charge in [0, 0.05) is 18.3 Å². The van der Waals surface area contributed by atoms with Crippen LogP contribution in [-0.4, -0.2) is 29.5 Å². The van der Waals surface area contributed by atoms with Crippen LogP contribution in [0.2, 0.25) is 5.02 Å². The molecule has 3 rings (SSSR count). The lowest BCUT2D eigenvalue weighted by molar-refractivity contribution is -0.122. The average molecular weight is 417 g/mol. The molecule has 0 aliphatic carbocycles. The molecule has 1 fully saturated rings. The van der Waals surface area contributed by atoms with Crippen molar-refractivity contribution in [1.82, 2.24) is 20.9 Å². The number of carbonyl (C=O) groups is 2. The summed E-state index contributed by atoms with van der Waals surface area (Å²) in [6.07, 6.45) is -1.76. The Bertz CT molecular complexity index is 911. The van der Waals surface area contributed by atoms with Gasteiger partial charge in [-0.25, -0.2) is 22.4 Å². The smallest absolute Gasteiger partial charge is 0.315 e. The minimum absolute atomic E-state index is 0.00656. The lowest BCUT2D eigenvalue weighted by Gasteiger charge is -2.22. The summed E-state index contributed by atoms with van der Waals surface area (Å²) < 4.78 is 53.5. The predicted molar refractivity (Wildman–Crippen MR) is 90.9 cm³/mol. The highest BCUT2D eigenvalue weighted by Crippen LogP contribution is 2.30. The Kier molecular flexibility index (Phi) is 5.68. The maximum Gasteiger partial charge on any atom is 0.315 e. The standard InChI is InChI=1S/C17H13ClF4N4O2/c18-12-9(19)3-2-8(13(12)20)14(7-1-4-10(15(21)22)23-5-7)26-16(27)11-6-24-17(28)25-11/h1-5,11,14-15H,6H2,(H,26,27)(H2,24,25,28)/t11-,14?/m0/s1. The molecule has 2 aromatic rings. The fourth-order valence-electron chi connectivity index (χ4n) is 2.68. The van der Waals surface area contributed by atoms with Gasteiger partial charge in [0.15, 0.2) is 0 Å². The van der Waals surface area contributed by atoms with Gasteiger partial charge < -0.3 is 16.0 Å². The summed E-state index contributed by atoms with van der Waals surface area (Å²) in [4.78, 5) is 27.3. The van der Waals surface area contributed by atoms with Crippen LogP contribution in [-0.2, 0) is 4.79 Å². The van der Waals surface area contributed by atoms with Crippen LogP contribution in [0.1, 0.15) is 29.3 Å². The molecule has 2 heterocycles. The lowest BCUT2D eigenvalue weighted by atomic mass is 9.98. The maximum absolute atomic E-state index is 14.5. The predicted octanol–water partition coefficient (Wildman–Crippen LogP) is 2.84. The van der Waals surface area contributed by atoms with Crippen molar-refractivity contribution in [1.29, 1.82) is 0 Å². The average Bonchev–Trinajstić information content (AvgIpc) is 3.11. The summed E-state index contributed by atoms with van der Waals surface area (Å²) in [5.74, 6) is -2.77. The summed E-state index contributed by atoms with van der Waals surface area (Å²) in [5.41, 5.74) is -0.529. The molecule has 0 saturated carbocycles. The number of rotatable bonds is 5. The van der Waals surface area contributed by atoms with Crippen molar-refractivity contribution >= 4 is 23.5 Å². The summed E-state index contributed by atoms with van der Waals surface area (Å²) >= 11 is 5.62. The molecule has 3 amide bonds. The van der Waals surface area contributed by atoms with Crippen LogP contribution in [0, 0.1) is 11.6 Å². The molecule has 148 valence electrons. The maximum atomic E-state index is 14.5. The largest absolute Gasteiger partial charge is 0.343 e. The highest BCUT2D eigenvalue weighted by atomic mass is 35.5. The number of hydrogen-bond donors (Lipinski definition) is 3. The van der Waals surface area contributed by atoms with E-state index in [9.17, 15) is 27.2 Å². The summed E-state index contributed by atoms with van der Waals surface area (Å²) in [5, 5.41) is 6.50. The van der Waals surface area contributed by atoms with E-state index in [1.807, 2.05) is 0 Å². The van der Waals surface area contributed by atoms with Crippen LogP contribution < -0.4 is 16.0 Å². The first kappa shape index (κ1) is 19.9. The third kappa shape index (κ3) is 4.01. The monoisotopic (exact) mass is 416 g/mol. The summed E-state index contributed by atoms with van der Waals surface area (Å²) in [6.45, 7) is 0.00656. The Morgan fingerprint density at radius 3 is 2.57 bits per heavy atom. The molecule has 0 radical (unpaired) electrons. The molecular formula is C17H13ClF4N4O2. The van der Waals surface area contributed by atoms with Gasteiger partial charge in [0.05, 0.1) is 6.04 Å². The molecule has 0 bridgehead atoms. The van der Waals surface area contributed by atoms with Crippen molar-refractivity contribution < 1.29 is 27.2 Å². The van der Waals surface area contributed by atoms with E-state index < -0.39 is 52.8 Å². The van der Waals surface area contributed by atoms with Gasteiger partial charge in [-0.15, -0.1) is 0 Å². The summed E-state index contributed by atoms with van der Waals surface area (Å²) in [7, 11) is 0. The highest BCUT2D eigenvalue weighted by molar-refractivity contribution is 6.31. The van der Waals surface area contributed by atoms with E-state index in [0.717, 1.165) is 24.4 Å². The van der Waals surface area contributed by atoms with Crippen LogP contribution in [0.25, 0.3) is 0 Å². The van der Waals surface area contributed by atoms with E-state index >= 15 is 0 Å². The molecule has 6 nitrogen and oxygen atoms in total. The zero-order valence-electron chi connectivity index (χ0n) is 14.0. The number of urea groups is 1. The first-order valence-corrected chi connectivity index (χ1v) is 8.38. The van der Waals surface area contributed by atoms with Crippen molar-refractivity contribution in [2.75, 3.05) is 6.54 Å². The Morgan fingerprint density at radius 1 is 1.25 bits per heavy atom. The van der Waals surface area contributed by atoms with Crippen LogP contribution in [0.15, 0.2) is 30.5 Å². The van der Waals surface area contributed by atoms with Gasteiger partial charge in [-0.05, 0) is 17.7 Å². The third-order valence-electron chi connectivity index (χ3n) is 4.12. The second kappa shape index (κ2) is 8.01. The summed E-state index contributed by atoms with van der Waals surface area (Å²) in [6, 6.07) is 1.58. The van der Waals surface area contributed by atoms with E-state index in [4.69, 9.17) is 11.6 Å². The van der Waals surface area contributed by atoms with Gasteiger partial charge in [-0.1, -0.05) is 23.7 Å². The minimum atomic E-state index is -2.81. The molecule has 1 aliphatic heterocycles. The van der Waals surface area contributed by atoms with Crippen LogP contribution in [0.5, 0.6) is 0 Å². The molecule has 1 saturated heterocycles. The van der Waals surface area contributed by atoms with E-state index in [-0.39, 0.29) is 17.7 Å². The van der Waals surface area contributed by atoms with Gasteiger partial charge in [0.25, 0.3) is 6.43 Å². The number of nitrogens with one attached hydrogen (secondary N) is 3. The number of amides is 3. The van der Waals surface area contributed by atoms with Crippen LogP contribution in [0.4, 0.5) is 22.4 Å². The second-order valence-electron chi connectivity index (χ2n) is 5.93. The zero-order valence-corrected chi connectivity index (χ0v) is 14.7. The number of halogens is 5. The number of aromatic nitrogens is 1. The number of alkyl halides is 2. The van der Waals surface area contributed by atoms with Crippen LogP contribution >= 0.6 is 11.6 Å². The molecular weight excluding hydrogens is 404 g/mol. The second-order valence-corrected chi connectivity index (χ2v) is 6.31. The molecule has 3 N–H and O–H groups in total. The number of hydrogen-bond acceptors (Lipinski definition) is 3. The molecule has 1 aromatic heterocycles. The Labute approximate surface area is 161 Å². The quantitative estimate of drug-likeness (QED) is 0.518. The molecule has 1 aromatic carbocycles. The van der Waals surface area contributed by atoms with Crippen molar-refractivity contribution in [3.63, 3.8) is 0 Å². The van der Waals surface area contributed by atoms with Gasteiger partial charge >= 0.3 is 6.03 Å². The number of benzene rings is 1. The third-order valence-corrected chi connectivity index (χ3v) is 4.46. The molecule has 0 spiro atoms. The Hall–Kier alpha value is -2.88. The molecule has 1 unspecified atom stereocenters. The molecule has 1 aliphatic rings. The van der Waals surface area contributed by atoms with Crippen molar-refractivity contribution in [2.24, 2.45) is 0 Å². The number of pyridine rings is 1. The van der Waals surface area contributed by atoms with Crippen molar-refractivity contribution in [3.05, 3.63) is 63.9 Å². The molecule has 28 heavy (non-hydrogen) atoms. The first-order valence-electron chi connectivity index (χ1n) is 8.00. The van der Waals surface area contributed by atoms with Gasteiger partial charge in [-0.3, -0.25) is 9.78 Å². The lowest BCUT2D eigenvalue weighted by Crippen LogP contribution is -2.44. The van der Waals surface area contributed by atoms with E-state index in [0.29, 0.717) is 0 Å². The first-order chi connectivity index (χ1) is 13.3. The minimum Gasteiger partial charge on any atom is -0.343 e. The Morgan fingerprint density at radius 2 is 2.00 bits per heavy atom. The fraction of sp³-hybridized carbons (Fsp3) is 0.235. The molecule has 11 heteroatoms. The SMILES string of the molecule is O=C1NC[C@@H](C(=O)NC(c2ccc(C(F)F)nc2)c2ccc(F)c(Cl)c2F)N1. The van der Waals surface area contributed by atoms with Gasteiger partial charge in [-0.2, -0.15) is 0 Å². The van der Waals surface area contributed by atoms with Crippen molar-refractivity contribution in [3.8, 4) is 0 Å². The normalized spacial score (nSPS) is 17.2. The fourth-order valence-corrected chi connectivity index (χ4v) is 2.85. The Balaban J connectivity index is 1.97. The molecule has 2 atom stereocenters. The number of carbonyl (C=O) groups excluding carboxylic acids is 2. The van der Waals surface area contributed by atoms with Gasteiger partial charge in [0.2, 0.25) is 5.91 Å². The zero-order chi connectivity index (χ0) is 20.4. The van der Waals surface area contributed by atoms with E-state index in [2.05, 4.69) is 20.9 Å². The highest BCUT2D eigenvalue weighted by Gasteiger charge is 2.31. The van der Waals surface area contributed by atoms with E-state index in [1.54, 1.807) is 0 Å².